The summed E-state index contributed by atoms with van der Waals surface area (Å²) in [6.45, 7) is 4.58. The Morgan fingerprint density at radius 3 is 2.88 bits per heavy atom. The smallest absolute Gasteiger partial charge is 0.414 e. The van der Waals surface area contributed by atoms with E-state index in [-0.39, 0.29) is 12.1 Å². The highest BCUT2D eigenvalue weighted by Crippen LogP contribution is 2.33. The third-order valence-electron chi connectivity index (χ3n) is 4.43. The maximum absolute atomic E-state index is 12.4. The molecule has 2 fully saturated rings. The number of hydrogen-bond acceptors (Lipinski definition) is 4. The molecule has 2 aliphatic rings. The van der Waals surface area contributed by atoms with E-state index >= 15 is 0 Å². The van der Waals surface area contributed by atoms with E-state index in [1.54, 1.807) is 18.2 Å². The lowest BCUT2D eigenvalue weighted by molar-refractivity contribution is 0.180. The van der Waals surface area contributed by atoms with Gasteiger partial charge in [-0.25, -0.2) is 9.59 Å². The van der Waals surface area contributed by atoms with Crippen molar-refractivity contribution in [2.75, 3.05) is 43.6 Å². The molecule has 0 spiro atoms. The van der Waals surface area contributed by atoms with E-state index in [0.29, 0.717) is 36.2 Å². The Hall–Kier alpha value is -2.44. The first-order chi connectivity index (χ1) is 11.6. The molecule has 1 atom stereocenters. The van der Waals surface area contributed by atoms with Gasteiger partial charge in [-0.3, -0.25) is 4.90 Å². The molecule has 0 unspecified atom stereocenters. The van der Waals surface area contributed by atoms with Gasteiger partial charge in [0.15, 0.2) is 0 Å². The second-order valence-electron chi connectivity index (χ2n) is 6.28. The topological polar surface area (TPSA) is 71.1 Å². The van der Waals surface area contributed by atoms with Crippen molar-refractivity contribution in [2.45, 2.75) is 19.8 Å². The third kappa shape index (κ3) is 3.39. The number of cyclic esters (lactones) is 1. The molecular weight excluding hydrogens is 310 g/mol. The molecule has 7 heteroatoms. The van der Waals surface area contributed by atoms with Crippen molar-refractivity contribution in [1.82, 2.24) is 4.90 Å². The summed E-state index contributed by atoms with van der Waals surface area (Å²) >= 11 is 0. The summed E-state index contributed by atoms with van der Waals surface area (Å²) < 4.78 is 10.3. The number of likely N-dealkylation sites (tertiary alicyclic amines) is 1. The number of ether oxygens (including phenoxy) is 2. The summed E-state index contributed by atoms with van der Waals surface area (Å²) in [6.07, 6.45) is 1.82. The predicted octanol–water partition coefficient (Wildman–Crippen LogP) is 2.92. The fourth-order valence-electron chi connectivity index (χ4n) is 3.17. The summed E-state index contributed by atoms with van der Waals surface area (Å²) in [5, 5.41) is 2.91. The van der Waals surface area contributed by atoms with E-state index in [4.69, 9.17) is 9.47 Å². The highest BCUT2D eigenvalue weighted by atomic mass is 16.6. The molecule has 2 aliphatic heterocycles. The quantitative estimate of drug-likeness (QED) is 0.923. The van der Waals surface area contributed by atoms with E-state index in [2.05, 4.69) is 12.2 Å². The number of nitrogens with one attached hydrogen (secondary N) is 1. The number of rotatable bonds is 3. The molecule has 0 aromatic heterocycles. The van der Waals surface area contributed by atoms with Gasteiger partial charge in [-0.2, -0.15) is 0 Å². The molecule has 0 radical (unpaired) electrons. The van der Waals surface area contributed by atoms with Crippen molar-refractivity contribution in [2.24, 2.45) is 5.92 Å². The molecule has 0 saturated carbocycles. The minimum absolute atomic E-state index is 0.100. The van der Waals surface area contributed by atoms with Crippen molar-refractivity contribution < 1.29 is 19.1 Å². The van der Waals surface area contributed by atoms with Gasteiger partial charge in [0.1, 0.15) is 12.4 Å². The van der Waals surface area contributed by atoms with Gasteiger partial charge in [-0.05, 0) is 30.9 Å². The van der Waals surface area contributed by atoms with Gasteiger partial charge >= 0.3 is 12.1 Å². The molecule has 0 bridgehead atoms. The summed E-state index contributed by atoms with van der Waals surface area (Å²) in [7, 11) is 1.54. The van der Waals surface area contributed by atoms with Crippen LogP contribution in [0.1, 0.15) is 19.8 Å². The number of piperidine rings is 1. The Labute approximate surface area is 141 Å². The zero-order valence-electron chi connectivity index (χ0n) is 14.1. The van der Waals surface area contributed by atoms with Crippen molar-refractivity contribution in [1.29, 1.82) is 0 Å². The number of carbonyl (C=O) groups is 2. The van der Waals surface area contributed by atoms with Crippen LogP contribution in [0.2, 0.25) is 0 Å². The molecule has 2 heterocycles. The van der Waals surface area contributed by atoms with Gasteiger partial charge in [-0.15, -0.1) is 0 Å². The number of carbonyl (C=O) groups excluding carboxylic acids is 2. The van der Waals surface area contributed by atoms with Crippen LogP contribution in [0.5, 0.6) is 5.75 Å². The van der Waals surface area contributed by atoms with Crippen molar-refractivity contribution >= 4 is 23.5 Å². The van der Waals surface area contributed by atoms with Crippen LogP contribution in [0.15, 0.2) is 18.2 Å². The fourth-order valence-corrected chi connectivity index (χ4v) is 3.17. The van der Waals surface area contributed by atoms with Crippen LogP contribution >= 0.6 is 0 Å². The minimum Gasteiger partial charge on any atom is -0.494 e. The summed E-state index contributed by atoms with van der Waals surface area (Å²) in [6, 6.07) is 5.16. The number of anilines is 2. The van der Waals surface area contributed by atoms with Crippen LogP contribution in [0.25, 0.3) is 0 Å². The number of methoxy groups -OCH3 is 1. The number of amides is 3. The standard InChI is InChI=1S/C17H23N3O4/c1-12-4-3-7-19(11-12)16(21)18-13-5-6-14(15(10-13)23-2)20-8-9-24-17(20)22/h5-6,10,12H,3-4,7-9,11H2,1-2H3,(H,18,21)/t12-/m0/s1. The van der Waals surface area contributed by atoms with Crippen LogP contribution in [-0.4, -0.2) is 50.4 Å². The normalized spacial score (nSPS) is 20.8. The van der Waals surface area contributed by atoms with Gasteiger partial charge < -0.3 is 19.7 Å². The van der Waals surface area contributed by atoms with Gasteiger partial charge in [0.25, 0.3) is 0 Å². The van der Waals surface area contributed by atoms with Crippen molar-refractivity contribution in [3.63, 3.8) is 0 Å². The predicted molar refractivity (Wildman–Crippen MR) is 90.7 cm³/mol. The Kier molecular flexibility index (Phi) is 4.78. The number of urea groups is 1. The second-order valence-corrected chi connectivity index (χ2v) is 6.28. The minimum atomic E-state index is -0.382. The zero-order chi connectivity index (χ0) is 17.1. The fraction of sp³-hybridized carbons (Fsp3) is 0.529. The molecular formula is C17H23N3O4. The SMILES string of the molecule is COc1cc(NC(=O)N2CCC[C@H](C)C2)ccc1N1CCOC1=O. The largest absolute Gasteiger partial charge is 0.494 e. The van der Waals surface area contributed by atoms with Gasteiger partial charge in [0.05, 0.1) is 19.3 Å². The average Bonchev–Trinajstić information content (AvgIpc) is 3.00. The van der Waals surface area contributed by atoms with Gasteiger partial charge in [0.2, 0.25) is 0 Å². The number of nitrogens with zero attached hydrogens (tertiary/aromatic N) is 2. The Morgan fingerprint density at radius 1 is 1.38 bits per heavy atom. The lowest BCUT2D eigenvalue weighted by atomic mass is 10.0. The lowest BCUT2D eigenvalue weighted by Crippen LogP contribution is -2.41. The number of hydrogen-bond donors (Lipinski definition) is 1. The van der Waals surface area contributed by atoms with Crippen LogP contribution in [0.4, 0.5) is 21.0 Å². The summed E-state index contributed by atoms with van der Waals surface area (Å²) in [5.74, 6) is 1.06. The highest BCUT2D eigenvalue weighted by molar-refractivity contribution is 5.93. The maximum atomic E-state index is 12.4. The molecule has 24 heavy (non-hydrogen) atoms. The summed E-state index contributed by atoms with van der Waals surface area (Å²) in [4.78, 5) is 27.5. The van der Waals surface area contributed by atoms with E-state index in [0.717, 1.165) is 25.9 Å². The van der Waals surface area contributed by atoms with Crippen LogP contribution < -0.4 is 15.0 Å². The lowest BCUT2D eigenvalue weighted by Gasteiger charge is -2.31. The van der Waals surface area contributed by atoms with E-state index in [1.807, 2.05) is 4.90 Å². The van der Waals surface area contributed by atoms with Crippen molar-refractivity contribution in [3.05, 3.63) is 18.2 Å². The van der Waals surface area contributed by atoms with Crippen LogP contribution in [-0.2, 0) is 4.74 Å². The van der Waals surface area contributed by atoms with Gasteiger partial charge in [0, 0.05) is 24.8 Å². The first-order valence-electron chi connectivity index (χ1n) is 8.26. The second kappa shape index (κ2) is 6.98. The van der Waals surface area contributed by atoms with E-state index in [1.165, 1.54) is 12.0 Å². The molecule has 7 nitrogen and oxygen atoms in total. The average molecular weight is 333 g/mol. The van der Waals surface area contributed by atoms with Gasteiger partial charge in [-0.1, -0.05) is 6.92 Å². The highest BCUT2D eigenvalue weighted by Gasteiger charge is 2.27. The van der Waals surface area contributed by atoms with E-state index < -0.39 is 0 Å². The first-order valence-corrected chi connectivity index (χ1v) is 8.26. The molecule has 1 N–H and O–H groups in total. The molecule has 1 aromatic rings. The molecule has 0 aliphatic carbocycles. The summed E-state index contributed by atoms with van der Waals surface area (Å²) in [5.41, 5.74) is 1.29. The monoisotopic (exact) mass is 333 g/mol. The molecule has 3 amide bonds. The maximum Gasteiger partial charge on any atom is 0.414 e. The third-order valence-corrected chi connectivity index (χ3v) is 4.43. The Morgan fingerprint density at radius 2 is 2.21 bits per heavy atom. The van der Waals surface area contributed by atoms with Crippen LogP contribution in [0, 0.1) is 5.92 Å². The van der Waals surface area contributed by atoms with E-state index in [9.17, 15) is 9.59 Å². The van der Waals surface area contributed by atoms with Crippen molar-refractivity contribution in [3.8, 4) is 5.75 Å². The Balaban J connectivity index is 1.72. The molecule has 130 valence electrons. The van der Waals surface area contributed by atoms with Crippen LogP contribution in [0.3, 0.4) is 0 Å². The molecule has 1 aromatic carbocycles. The Bertz CT molecular complexity index is 634. The molecule has 3 rings (SSSR count). The zero-order valence-corrected chi connectivity index (χ0v) is 14.1. The molecule has 2 saturated heterocycles. The number of benzene rings is 1. The first kappa shape index (κ1) is 16.4.